The molecule has 2 nitrogen and oxygen atoms in total. The highest BCUT2D eigenvalue weighted by Crippen LogP contribution is 2.25. The van der Waals surface area contributed by atoms with E-state index in [0.29, 0.717) is 5.02 Å². The Labute approximate surface area is 119 Å². The maximum atomic E-state index is 13.6. The monoisotopic (exact) mass is 298 g/mol. The molecule has 0 aliphatic rings. The van der Waals surface area contributed by atoms with Crippen molar-refractivity contribution in [1.82, 2.24) is 0 Å². The van der Waals surface area contributed by atoms with Gasteiger partial charge in [-0.25, -0.2) is 4.39 Å². The first-order valence-electron chi connectivity index (χ1n) is 5.36. The third kappa shape index (κ3) is 2.88. The molecule has 0 aliphatic heterocycles. The number of ketones is 1. The molecule has 98 valence electrons. The van der Waals surface area contributed by atoms with E-state index in [1.54, 1.807) is 6.07 Å². The highest BCUT2D eigenvalue weighted by Gasteiger charge is 2.15. The van der Waals surface area contributed by atoms with Crippen molar-refractivity contribution in [3.63, 3.8) is 0 Å². The number of hydrogen-bond acceptors (Lipinski definition) is 2. The maximum Gasteiger partial charge on any atom is 0.194 e. The molecule has 19 heavy (non-hydrogen) atoms. The van der Waals surface area contributed by atoms with Crippen LogP contribution in [0.5, 0.6) is 5.75 Å². The number of ether oxygens (including phenoxy) is 1. The Hall–Kier alpha value is -1.58. The quantitative estimate of drug-likeness (QED) is 0.787. The molecule has 0 bridgehead atoms. The summed E-state index contributed by atoms with van der Waals surface area (Å²) in [5.74, 6) is -0.889. The van der Waals surface area contributed by atoms with Crippen molar-refractivity contribution >= 4 is 29.0 Å². The third-order valence-corrected chi connectivity index (χ3v) is 3.14. The number of hydrogen-bond donors (Lipinski definition) is 0. The average molecular weight is 299 g/mol. The van der Waals surface area contributed by atoms with Crippen LogP contribution in [0.3, 0.4) is 0 Å². The van der Waals surface area contributed by atoms with Gasteiger partial charge < -0.3 is 4.74 Å². The van der Waals surface area contributed by atoms with Crippen molar-refractivity contribution in [2.24, 2.45) is 0 Å². The maximum absolute atomic E-state index is 13.6. The van der Waals surface area contributed by atoms with Crippen LogP contribution in [0.25, 0.3) is 0 Å². The van der Waals surface area contributed by atoms with Crippen LogP contribution in [0.2, 0.25) is 10.0 Å². The molecule has 5 heteroatoms. The van der Waals surface area contributed by atoms with Crippen LogP contribution >= 0.6 is 23.2 Å². The van der Waals surface area contributed by atoms with Crippen LogP contribution in [0.4, 0.5) is 4.39 Å². The fourth-order valence-electron chi connectivity index (χ4n) is 1.64. The van der Waals surface area contributed by atoms with Gasteiger partial charge in [0.2, 0.25) is 0 Å². The van der Waals surface area contributed by atoms with E-state index in [0.717, 1.165) is 6.07 Å². The number of rotatable bonds is 3. The zero-order chi connectivity index (χ0) is 14.0. The minimum atomic E-state index is -0.599. The fourth-order valence-corrected chi connectivity index (χ4v) is 2.13. The molecular weight excluding hydrogens is 290 g/mol. The molecule has 0 unspecified atom stereocenters. The summed E-state index contributed by atoms with van der Waals surface area (Å²) in [4.78, 5) is 12.2. The summed E-state index contributed by atoms with van der Waals surface area (Å²) in [7, 11) is 1.36. The first-order valence-corrected chi connectivity index (χ1v) is 6.12. The van der Waals surface area contributed by atoms with E-state index >= 15 is 0 Å². The van der Waals surface area contributed by atoms with E-state index in [1.165, 1.54) is 31.4 Å². The molecule has 2 rings (SSSR count). The highest BCUT2D eigenvalue weighted by molar-refractivity contribution is 6.37. The standard InChI is InChI=1S/C14H9Cl2FO2/c1-19-13-5-2-8(6-12(13)17)14(18)10-4-3-9(15)7-11(10)16/h2-7H,1H3. The van der Waals surface area contributed by atoms with Crippen LogP contribution < -0.4 is 4.74 Å². The van der Waals surface area contributed by atoms with Gasteiger partial charge in [0.05, 0.1) is 12.1 Å². The molecule has 0 N–H and O–H groups in total. The third-order valence-electron chi connectivity index (χ3n) is 2.59. The van der Waals surface area contributed by atoms with Crippen LogP contribution in [0, 0.1) is 5.82 Å². The zero-order valence-electron chi connectivity index (χ0n) is 9.91. The van der Waals surface area contributed by atoms with Crippen molar-refractivity contribution < 1.29 is 13.9 Å². The molecule has 0 saturated heterocycles. The van der Waals surface area contributed by atoms with E-state index in [1.807, 2.05) is 0 Å². The Morgan fingerprint density at radius 2 is 1.89 bits per heavy atom. The predicted molar refractivity (Wildman–Crippen MR) is 72.8 cm³/mol. The SMILES string of the molecule is COc1ccc(C(=O)c2ccc(Cl)cc2Cl)cc1F. The van der Waals surface area contributed by atoms with Crippen LogP contribution in [0.1, 0.15) is 15.9 Å². The Bertz CT molecular complexity index is 641. The fraction of sp³-hybridized carbons (Fsp3) is 0.0714. The number of carbonyl (C=O) groups is 1. The molecular formula is C14H9Cl2FO2. The van der Waals surface area contributed by atoms with E-state index in [-0.39, 0.29) is 27.7 Å². The first-order chi connectivity index (χ1) is 9.02. The Morgan fingerprint density at radius 1 is 1.16 bits per heavy atom. The highest BCUT2D eigenvalue weighted by atomic mass is 35.5. The van der Waals surface area contributed by atoms with Gasteiger partial charge in [0.1, 0.15) is 0 Å². The van der Waals surface area contributed by atoms with Gasteiger partial charge in [0.25, 0.3) is 0 Å². The Morgan fingerprint density at radius 3 is 2.47 bits per heavy atom. The van der Waals surface area contributed by atoms with Gasteiger partial charge in [0.15, 0.2) is 17.3 Å². The summed E-state index contributed by atoms with van der Waals surface area (Å²) < 4.78 is 18.4. The summed E-state index contributed by atoms with van der Waals surface area (Å²) in [6.07, 6.45) is 0. The zero-order valence-corrected chi connectivity index (χ0v) is 11.4. The van der Waals surface area contributed by atoms with Crippen LogP contribution in [-0.4, -0.2) is 12.9 Å². The second kappa shape index (κ2) is 5.59. The molecule has 0 atom stereocenters. The molecule has 0 fully saturated rings. The molecule has 0 radical (unpaired) electrons. The lowest BCUT2D eigenvalue weighted by Crippen LogP contribution is -2.03. The van der Waals surface area contributed by atoms with Gasteiger partial charge in [-0.3, -0.25) is 4.79 Å². The van der Waals surface area contributed by atoms with Gasteiger partial charge in [0, 0.05) is 16.1 Å². The molecule has 0 saturated carbocycles. The molecule has 0 aromatic heterocycles. The van der Waals surface area contributed by atoms with Crippen molar-refractivity contribution in [2.75, 3.05) is 7.11 Å². The second-order valence-corrected chi connectivity index (χ2v) is 4.65. The minimum Gasteiger partial charge on any atom is -0.494 e. The molecule has 2 aromatic carbocycles. The lowest BCUT2D eigenvalue weighted by atomic mass is 10.0. The summed E-state index contributed by atoms with van der Waals surface area (Å²) in [6.45, 7) is 0. The Kier molecular flexibility index (Phi) is 4.08. The topological polar surface area (TPSA) is 26.3 Å². The van der Waals surface area contributed by atoms with E-state index in [4.69, 9.17) is 27.9 Å². The van der Waals surface area contributed by atoms with Gasteiger partial charge in [-0.1, -0.05) is 23.2 Å². The van der Waals surface area contributed by atoms with Crippen molar-refractivity contribution in [1.29, 1.82) is 0 Å². The van der Waals surface area contributed by atoms with Gasteiger partial charge in [-0.2, -0.15) is 0 Å². The lowest BCUT2D eigenvalue weighted by Gasteiger charge is -2.06. The van der Waals surface area contributed by atoms with E-state index in [2.05, 4.69) is 0 Å². The van der Waals surface area contributed by atoms with Crippen molar-refractivity contribution in [2.45, 2.75) is 0 Å². The first kappa shape index (κ1) is 13.8. The summed E-state index contributed by atoms with van der Waals surface area (Å²) in [5, 5.41) is 0.663. The van der Waals surface area contributed by atoms with Crippen molar-refractivity contribution in [3.05, 3.63) is 63.4 Å². The number of halogens is 3. The number of carbonyl (C=O) groups excluding carboxylic acids is 1. The second-order valence-electron chi connectivity index (χ2n) is 3.80. The van der Waals surface area contributed by atoms with Gasteiger partial charge >= 0.3 is 0 Å². The molecule has 0 aliphatic carbocycles. The largest absolute Gasteiger partial charge is 0.494 e. The van der Waals surface area contributed by atoms with Crippen LogP contribution in [0.15, 0.2) is 36.4 Å². The molecule has 0 spiro atoms. The summed E-state index contributed by atoms with van der Waals surface area (Å²) in [6, 6.07) is 8.53. The van der Waals surface area contributed by atoms with E-state index in [9.17, 15) is 9.18 Å². The smallest absolute Gasteiger partial charge is 0.194 e. The molecule has 2 aromatic rings. The van der Waals surface area contributed by atoms with Crippen molar-refractivity contribution in [3.8, 4) is 5.75 Å². The van der Waals surface area contributed by atoms with Gasteiger partial charge in [-0.15, -0.1) is 0 Å². The molecule has 0 amide bonds. The Balaban J connectivity index is 2.41. The molecule has 0 heterocycles. The van der Waals surface area contributed by atoms with Gasteiger partial charge in [-0.05, 0) is 36.4 Å². The van der Waals surface area contributed by atoms with Crippen LogP contribution in [-0.2, 0) is 0 Å². The number of methoxy groups -OCH3 is 1. The normalized spacial score (nSPS) is 10.3. The lowest BCUT2D eigenvalue weighted by molar-refractivity contribution is 0.103. The summed E-state index contributed by atoms with van der Waals surface area (Å²) >= 11 is 11.7. The number of benzene rings is 2. The predicted octanol–water partition coefficient (Wildman–Crippen LogP) is 4.37. The average Bonchev–Trinajstić information content (AvgIpc) is 2.38. The van der Waals surface area contributed by atoms with E-state index < -0.39 is 5.82 Å². The minimum absolute atomic E-state index is 0.0822. The summed E-state index contributed by atoms with van der Waals surface area (Å²) in [5.41, 5.74) is 0.471.